The van der Waals surface area contributed by atoms with Crippen molar-refractivity contribution in [2.24, 2.45) is 0 Å². The van der Waals surface area contributed by atoms with Gasteiger partial charge in [0.25, 0.3) is 5.91 Å². The largest absolute Gasteiger partial charge is 0.447 e. The summed E-state index contributed by atoms with van der Waals surface area (Å²) < 4.78 is 4.93. The van der Waals surface area contributed by atoms with Crippen LogP contribution in [-0.4, -0.2) is 25.2 Å². The first-order valence-electron chi connectivity index (χ1n) is 7.06. The molecule has 1 N–H and O–H groups in total. The minimum Gasteiger partial charge on any atom is -0.447 e. The Hall–Kier alpha value is -2.82. The summed E-state index contributed by atoms with van der Waals surface area (Å²) in [5, 5.41) is 2.86. The van der Waals surface area contributed by atoms with Gasteiger partial charge in [-0.25, -0.2) is 4.79 Å². The summed E-state index contributed by atoms with van der Waals surface area (Å²) in [6, 6.07) is 14.6. The van der Waals surface area contributed by atoms with Gasteiger partial charge in [-0.05, 0) is 36.8 Å². The van der Waals surface area contributed by atoms with Crippen molar-refractivity contribution in [1.82, 2.24) is 0 Å². The standard InChI is InChI=1S/C17H16N2O3/c1-12-5-2-3-8-15(12)16(20)18-13-6-4-7-14(11-13)19-9-10-22-17(19)21/h2-8,11H,9-10H2,1H3,(H,18,20). The van der Waals surface area contributed by atoms with Gasteiger partial charge in [0.05, 0.1) is 6.54 Å². The molecule has 0 radical (unpaired) electrons. The van der Waals surface area contributed by atoms with E-state index in [1.807, 2.05) is 31.2 Å². The van der Waals surface area contributed by atoms with E-state index in [2.05, 4.69) is 5.32 Å². The first-order valence-corrected chi connectivity index (χ1v) is 7.06. The molecular weight excluding hydrogens is 280 g/mol. The average Bonchev–Trinajstić information content (AvgIpc) is 2.94. The summed E-state index contributed by atoms with van der Waals surface area (Å²) in [6.45, 7) is 2.80. The number of benzene rings is 2. The number of aryl methyl sites for hydroxylation is 1. The Bertz CT molecular complexity index is 727. The minimum absolute atomic E-state index is 0.167. The third kappa shape index (κ3) is 2.79. The van der Waals surface area contributed by atoms with E-state index in [0.717, 1.165) is 5.56 Å². The molecule has 0 spiro atoms. The lowest BCUT2D eigenvalue weighted by molar-refractivity contribution is 0.102. The van der Waals surface area contributed by atoms with Gasteiger partial charge < -0.3 is 10.1 Å². The highest BCUT2D eigenvalue weighted by molar-refractivity contribution is 6.05. The second-order valence-electron chi connectivity index (χ2n) is 5.09. The fraction of sp³-hybridized carbons (Fsp3) is 0.176. The fourth-order valence-corrected chi connectivity index (χ4v) is 2.41. The molecule has 0 aliphatic carbocycles. The van der Waals surface area contributed by atoms with Crippen molar-refractivity contribution < 1.29 is 14.3 Å². The molecule has 1 aliphatic rings. The molecule has 0 aromatic heterocycles. The molecule has 2 aromatic rings. The van der Waals surface area contributed by atoms with Crippen LogP contribution in [0.2, 0.25) is 0 Å². The lowest BCUT2D eigenvalue weighted by Gasteiger charge is -2.14. The van der Waals surface area contributed by atoms with Gasteiger partial charge in [-0.15, -0.1) is 0 Å². The van der Waals surface area contributed by atoms with E-state index < -0.39 is 0 Å². The maximum Gasteiger partial charge on any atom is 0.414 e. The normalized spacial score (nSPS) is 13.9. The van der Waals surface area contributed by atoms with Gasteiger partial charge in [-0.1, -0.05) is 24.3 Å². The highest BCUT2D eigenvalue weighted by Gasteiger charge is 2.23. The summed E-state index contributed by atoms with van der Waals surface area (Å²) in [5.74, 6) is -0.167. The number of anilines is 2. The van der Waals surface area contributed by atoms with Crippen molar-refractivity contribution in [2.45, 2.75) is 6.92 Å². The smallest absolute Gasteiger partial charge is 0.414 e. The molecule has 5 heteroatoms. The topological polar surface area (TPSA) is 58.6 Å². The van der Waals surface area contributed by atoms with E-state index in [0.29, 0.717) is 30.1 Å². The molecular formula is C17H16N2O3. The van der Waals surface area contributed by atoms with Crippen molar-refractivity contribution in [3.05, 3.63) is 59.7 Å². The number of hydrogen-bond acceptors (Lipinski definition) is 3. The average molecular weight is 296 g/mol. The van der Waals surface area contributed by atoms with Gasteiger partial charge in [0, 0.05) is 16.9 Å². The molecule has 22 heavy (non-hydrogen) atoms. The Morgan fingerprint density at radius 3 is 2.73 bits per heavy atom. The van der Waals surface area contributed by atoms with E-state index in [-0.39, 0.29) is 12.0 Å². The Morgan fingerprint density at radius 1 is 1.18 bits per heavy atom. The minimum atomic E-state index is -0.359. The van der Waals surface area contributed by atoms with Crippen LogP contribution >= 0.6 is 0 Å². The van der Waals surface area contributed by atoms with Gasteiger partial charge in [-0.2, -0.15) is 0 Å². The zero-order valence-electron chi connectivity index (χ0n) is 12.2. The van der Waals surface area contributed by atoms with Crippen molar-refractivity contribution >= 4 is 23.4 Å². The quantitative estimate of drug-likeness (QED) is 0.946. The van der Waals surface area contributed by atoms with Crippen molar-refractivity contribution in [1.29, 1.82) is 0 Å². The molecule has 1 heterocycles. The molecule has 0 unspecified atom stereocenters. The zero-order valence-corrected chi connectivity index (χ0v) is 12.2. The molecule has 1 fully saturated rings. The number of rotatable bonds is 3. The monoisotopic (exact) mass is 296 g/mol. The van der Waals surface area contributed by atoms with Gasteiger partial charge in [0.2, 0.25) is 0 Å². The third-order valence-corrected chi connectivity index (χ3v) is 3.57. The highest BCUT2D eigenvalue weighted by atomic mass is 16.6. The fourth-order valence-electron chi connectivity index (χ4n) is 2.41. The summed E-state index contributed by atoms with van der Waals surface area (Å²) in [6.07, 6.45) is -0.359. The zero-order chi connectivity index (χ0) is 15.5. The molecule has 2 amide bonds. The maximum absolute atomic E-state index is 12.3. The highest BCUT2D eigenvalue weighted by Crippen LogP contribution is 2.23. The predicted octanol–water partition coefficient (Wildman–Crippen LogP) is 3.20. The van der Waals surface area contributed by atoms with E-state index >= 15 is 0 Å². The lowest BCUT2D eigenvalue weighted by Crippen LogP contribution is -2.23. The first kappa shape index (κ1) is 14.1. The Balaban J connectivity index is 1.80. The van der Waals surface area contributed by atoms with Crippen molar-refractivity contribution in [2.75, 3.05) is 23.4 Å². The van der Waals surface area contributed by atoms with Gasteiger partial charge in [-0.3, -0.25) is 9.69 Å². The van der Waals surface area contributed by atoms with Gasteiger partial charge >= 0.3 is 6.09 Å². The summed E-state index contributed by atoms with van der Waals surface area (Å²) >= 11 is 0. The number of carbonyl (C=O) groups is 2. The Morgan fingerprint density at radius 2 is 2.00 bits per heavy atom. The van der Waals surface area contributed by atoms with Crippen LogP contribution in [0.3, 0.4) is 0 Å². The summed E-state index contributed by atoms with van der Waals surface area (Å²) in [7, 11) is 0. The lowest BCUT2D eigenvalue weighted by atomic mass is 10.1. The number of nitrogens with zero attached hydrogens (tertiary/aromatic N) is 1. The van der Waals surface area contributed by atoms with E-state index in [4.69, 9.17) is 4.74 Å². The Kier molecular flexibility index (Phi) is 3.78. The van der Waals surface area contributed by atoms with E-state index in [1.165, 1.54) is 0 Å². The summed E-state index contributed by atoms with van der Waals surface area (Å²) in [4.78, 5) is 25.5. The molecule has 0 atom stereocenters. The Labute approximate surface area is 128 Å². The molecule has 2 aromatic carbocycles. The predicted molar refractivity (Wildman–Crippen MR) is 84.3 cm³/mol. The number of cyclic esters (lactones) is 1. The number of ether oxygens (including phenoxy) is 1. The van der Waals surface area contributed by atoms with Crippen LogP contribution in [0.4, 0.5) is 16.2 Å². The molecule has 1 aliphatic heterocycles. The third-order valence-electron chi connectivity index (χ3n) is 3.57. The van der Waals surface area contributed by atoms with Crippen LogP contribution in [-0.2, 0) is 4.74 Å². The van der Waals surface area contributed by atoms with Crippen LogP contribution in [0.15, 0.2) is 48.5 Å². The number of carbonyl (C=O) groups excluding carboxylic acids is 2. The molecule has 0 bridgehead atoms. The molecule has 1 saturated heterocycles. The van der Waals surface area contributed by atoms with Gasteiger partial charge in [0.15, 0.2) is 0 Å². The van der Waals surface area contributed by atoms with Crippen LogP contribution < -0.4 is 10.2 Å². The van der Waals surface area contributed by atoms with Crippen molar-refractivity contribution in [3.8, 4) is 0 Å². The van der Waals surface area contributed by atoms with Crippen LogP contribution in [0.25, 0.3) is 0 Å². The molecule has 112 valence electrons. The first-order chi connectivity index (χ1) is 10.6. The second kappa shape index (κ2) is 5.89. The van der Waals surface area contributed by atoms with Gasteiger partial charge in [0.1, 0.15) is 6.61 Å². The SMILES string of the molecule is Cc1ccccc1C(=O)Nc1cccc(N2CCOC2=O)c1. The van der Waals surface area contributed by atoms with Crippen molar-refractivity contribution in [3.63, 3.8) is 0 Å². The number of amides is 2. The van der Waals surface area contributed by atoms with Crippen LogP contribution in [0.1, 0.15) is 15.9 Å². The number of hydrogen-bond donors (Lipinski definition) is 1. The number of nitrogens with one attached hydrogen (secondary N) is 1. The maximum atomic E-state index is 12.3. The molecule has 0 saturated carbocycles. The molecule has 5 nitrogen and oxygen atoms in total. The van der Waals surface area contributed by atoms with Crippen LogP contribution in [0.5, 0.6) is 0 Å². The van der Waals surface area contributed by atoms with E-state index in [1.54, 1.807) is 29.2 Å². The molecule has 3 rings (SSSR count). The van der Waals surface area contributed by atoms with E-state index in [9.17, 15) is 9.59 Å². The van der Waals surface area contributed by atoms with Crippen LogP contribution in [0, 0.1) is 6.92 Å². The summed E-state index contributed by atoms with van der Waals surface area (Å²) in [5.41, 5.74) is 2.91. The second-order valence-corrected chi connectivity index (χ2v) is 5.09.